The lowest BCUT2D eigenvalue weighted by atomic mass is 10.0. The number of fused-ring (bicyclic) bond motifs is 1. The highest BCUT2D eigenvalue weighted by molar-refractivity contribution is 7.83. The quantitative estimate of drug-likeness (QED) is 0.203. The largest absolute Gasteiger partial charge is 0.484 e. The van der Waals surface area contributed by atoms with Gasteiger partial charge in [0.25, 0.3) is 0 Å². The molecule has 34 heavy (non-hydrogen) atoms. The molecule has 3 atom stereocenters. The second-order valence-corrected chi connectivity index (χ2v) is 9.10. The third-order valence-corrected chi connectivity index (χ3v) is 6.47. The smallest absolute Gasteiger partial charge is 0.434 e. The molecule has 0 saturated carbocycles. The number of nitrogens with zero attached hydrogens (tertiary/aromatic N) is 2. The summed E-state index contributed by atoms with van der Waals surface area (Å²) in [6, 6.07) is 19.5. The van der Waals surface area contributed by atoms with Crippen molar-refractivity contribution in [3.05, 3.63) is 90.4 Å². The first-order valence-electron chi connectivity index (χ1n) is 10.4. The zero-order chi connectivity index (χ0) is 24.3. The summed E-state index contributed by atoms with van der Waals surface area (Å²) in [5.74, 6) is -1.29. The molecule has 1 heterocycles. The lowest BCUT2D eigenvalue weighted by Crippen LogP contribution is -2.39. The maximum absolute atomic E-state index is 13.3. The van der Waals surface area contributed by atoms with E-state index in [0.29, 0.717) is 11.4 Å². The molecule has 1 unspecified atom stereocenters. The number of hydrogen-bond donors (Lipinski definition) is 1. The number of thiol groups is 1. The lowest BCUT2D eigenvalue weighted by Gasteiger charge is -2.24. The van der Waals surface area contributed by atoms with E-state index >= 15 is 0 Å². The van der Waals surface area contributed by atoms with E-state index in [2.05, 4.69) is 9.82 Å². The second-order valence-electron chi connectivity index (χ2n) is 7.77. The van der Waals surface area contributed by atoms with Crippen LogP contribution in [-0.4, -0.2) is 27.8 Å². The number of rotatable bonds is 8. The summed E-state index contributed by atoms with van der Waals surface area (Å²) in [5.41, 5.74) is 2.19. The number of nitrogens with one attached hydrogen (secondary N) is 1. The van der Waals surface area contributed by atoms with Crippen LogP contribution in [0.3, 0.4) is 0 Å². The first-order chi connectivity index (χ1) is 16.2. The van der Waals surface area contributed by atoms with Crippen LogP contribution in [0.1, 0.15) is 18.6 Å². The van der Waals surface area contributed by atoms with E-state index < -0.39 is 35.1 Å². The fourth-order valence-electron chi connectivity index (χ4n) is 3.62. The molecule has 1 aromatic heterocycles. The van der Waals surface area contributed by atoms with Crippen LogP contribution in [0.2, 0.25) is 0 Å². The highest BCUT2D eigenvalue weighted by atomic mass is 32.2. The minimum absolute atomic E-state index is 0.345. The maximum atomic E-state index is 13.3. The van der Waals surface area contributed by atoms with Crippen molar-refractivity contribution >= 4 is 21.9 Å². The molecule has 0 radical (unpaired) electrons. The van der Waals surface area contributed by atoms with Gasteiger partial charge in [-0.3, -0.25) is 0 Å². The Morgan fingerprint density at radius 2 is 1.76 bits per heavy atom. The third kappa shape index (κ3) is 5.81. The van der Waals surface area contributed by atoms with Gasteiger partial charge in [-0.2, -0.15) is 18.3 Å². The fourth-order valence-corrected chi connectivity index (χ4v) is 4.63. The fraction of sp³-hybridized carbons (Fsp3) is 0.208. The lowest BCUT2D eigenvalue weighted by molar-refractivity contribution is -0.106. The van der Waals surface area contributed by atoms with Crippen LogP contribution in [0.25, 0.3) is 16.6 Å². The summed E-state index contributed by atoms with van der Waals surface area (Å²) < 4.78 is 73.6. The average molecular weight is 493 g/mol. The van der Waals surface area contributed by atoms with Crippen molar-refractivity contribution < 1.29 is 26.5 Å². The van der Waals surface area contributed by atoms with Gasteiger partial charge in [-0.1, -0.05) is 34.5 Å². The summed E-state index contributed by atoms with van der Waals surface area (Å²) in [6.45, 7) is 1.63. The highest BCUT2D eigenvalue weighted by Crippen LogP contribution is 2.29. The number of hydrogen-bond acceptors (Lipinski definition) is 3. The maximum Gasteiger partial charge on any atom is 0.434 e. The van der Waals surface area contributed by atoms with E-state index in [9.17, 15) is 21.8 Å². The monoisotopic (exact) mass is 492 g/mol. The normalized spacial score (nSPS) is 14.6. The number of benzene rings is 3. The molecule has 1 N–H and O–H groups in total. The molecule has 0 saturated heterocycles. The van der Waals surface area contributed by atoms with Crippen LogP contribution in [0, 0.1) is 5.82 Å². The minimum Gasteiger partial charge on any atom is -0.484 e. The summed E-state index contributed by atoms with van der Waals surface area (Å²) >= 11 is 0. The van der Waals surface area contributed by atoms with E-state index in [0.717, 1.165) is 16.5 Å². The van der Waals surface area contributed by atoms with Crippen molar-refractivity contribution in [2.45, 2.75) is 25.2 Å². The molecule has 3 aromatic carbocycles. The molecule has 0 bridgehead atoms. The van der Waals surface area contributed by atoms with Crippen LogP contribution in [0.4, 0.5) is 17.6 Å². The van der Waals surface area contributed by atoms with Gasteiger partial charge in [0.15, 0.2) is 11.0 Å². The molecule has 178 valence electrons. The van der Waals surface area contributed by atoms with Gasteiger partial charge < -0.3 is 4.74 Å². The highest BCUT2D eigenvalue weighted by Gasteiger charge is 2.36. The Hall–Kier alpha value is -3.24. The molecule has 0 aliphatic carbocycles. The SMILES string of the molecule is C[C@H](N[SH+](=O)CC(F)(F)F)[C@H](Oc1ccc2c(cnn2-c2ccc(F)cc2)c1)c1ccccc1. The van der Waals surface area contributed by atoms with Crippen molar-refractivity contribution in [3.63, 3.8) is 0 Å². The predicted molar refractivity (Wildman–Crippen MR) is 124 cm³/mol. The Kier molecular flexibility index (Phi) is 6.99. The van der Waals surface area contributed by atoms with E-state index in [4.69, 9.17) is 4.74 Å². The van der Waals surface area contributed by atoms with E-state index in [-0.39, 0.29) is 5.82 Å². The number of halogens is 4. The number of ether oxygens (including phenoxy) is 1. The number of alkyl halides is 3. The van der Waals surface area contributed by atoms with Gasteiger partial charge in [0.05, 0.1) is 23.4 Å². The molecule has 5 nitrogen and oxygen atoms in total. The van der Waals surface area contributed by atoms with Crippen LogP contribution in [-0.2, 0) is 15.2 Å². The predicted octanol–water partition coefficient (Wildman–Crippen LogP) is 5.44. The van der Waals surface area contributed by atoms with Gasteiger partial charge in [-0.05, 0) is 55.0 Å². The summed E-state index contributed by atoms with van der Waals surface area (Å²) in [5, 5.41) is 5.12. The Morgan fingerprint density at radius 3 is 2.44 bits per heavy atom. The number of aromatic nitrogens is 2. The first-order valence-corrected chi connectivity index (χ1v) is 11.9. The molecule has 4 rings (SSSR count). The van der Waals surface area contributed by atoms with Gasteiger partial charge in [-0.15, -0.1) is 4.72 Å². The van der Waals surface area contributed by atoms with Gasteiger partial charge in [0, 0.05) is 5.39 Å². The van der Waals surface area contributed by atoms with Crippen molar-refractivity contribution in [2.24, 2.45) is 0 Å². The Labute approximate surface area is 195 Å². The molecule has 0 spiro atoms. The standard InChI is InChI=1S/C24H21F4N3O2S/c1-16(30-34(32)15-24(26,27)28)23(17-5-3-2-4-6-17)33-21-11-12-22-18(13-21)14-29-31(22)20-9-7-19(25)8-10-20/h2-14,16,23H,15H2,1H3,(H,30,32)/p+1/t16-,23-,34?/m0/s1. The summed E-state index contributed by atoms with van der Waals surface area (Å²) in [4.78, 5) is 0. The molecule has 0 fully saturated rings. The van der Waals surface area contributed by atoms with Crippen LogP contribution >= 0.6 is 0 Å². The Bertz CT molecular complexity index is 1280. The Morgan fingerprint density at radius 1 is 1.06 bits per heavy atom. The van der Waals surface area contributed by atoms with E-state index in [1.54, 1.807) is 72.4 Å². The third-order valence-electron chi connectivity index (χ3n) is 5.13. The Balaban J connectivity index is 1.59. The van der Waals surface area contributed by atoms with Crippen molar-refractivity contribution in [1.82, 2.24) is 14.5 Å². The van der Waals surface area contributed by atoms with Crippen LogP contribution in [0.15, 0.2) is 79.0 Å². The van der Waals surface area contributed by atoms with Crippen LogP contribution < -0.4 is 9.46 Å². The summed E-state index contributed by atoms with van der Waals surface area (Å²) in [6.07, 6.45) is -3.58. The molecule has 0 aliphatic rings. The van der Waals surface area contributed by atoms with Crippen molar-refractivity contribution in [1.29, 1.82) is 0 Å². The van der Waals surface area contributed by atoms with Gasteiger partial charge in [-0.25, -0.2) is 9.07 Å². The van der Waals surface area contributed by atoms with Crippen LogP contribution in [0.5, 0.6) is 5.75 Å². The minimum atomic E-state index is -4.53. The second kappa shape index (κ2) is 9.94. The molecule has 0 aliphatic heterocycles. The molecular weight excluding hydrogens is 470 g/mol. The van der Waals surface area contributed by atoms with Crippen molar-refractivity contribution in [2.75, 3.05) is 5.75 Å². The molecule has 4 aromatic rings. The van der Waals surface area contributed by atoms with Gasteiger partial charge >= 0.3 is 6.18 Å². The average Bonchev–Trinajstić information content (AvgIpc) is 3.20. The van der Waals surface area contributed by atoms with Crippen molar-refractivity contribution in [3.8, 4) is 11.4 Å². The van der Waals surface area contributed by atoms with E-state index in [1.807, 2.05) is 6.07 Å². The zero-order valence-corrected chi connectivity index (χ0v) is 18.9. The van der Waals surface area contributed by atoms with E-state index in [1.165, 1.54) is 12.1 Å². The summed E-state index contributed by atoms with van der Waals surface area (Å²) in [7, 11) is -2.70. The zero-order valence-electron chi connectivity index (χ0n) is 18.0. The molecule has 0 amide bonds. The first kappa shape index (κ1) is 23.9. The van der Waals surface area contributed by atoms with Gasteiger partial charge in [0.1, 0.15) is 17.7 Å². The topological polar surface area (TPSA) is 56.1 Å². The molecular formula is C24H22F4N3O2S+. The molecule has 10 heteroatoms. The van der Waals surface area contributed by atoms with Gasteiger partial charge in [0.2, 0.25) is 5.75 Å².